The van der Waals surface area contributed by atoms with Crippen molar-refractivity contribution in [3.05, 3.63) is 107 Å². The first kappa shape index (κ1) is 16.5. The van der Waals surface area contributed by atoms with Crippen LogP contribution in [0.25, 0.3) is 0 Å². The molecule has 0 aromatic heterocycles. The van der Waals surface area contributed by atoms with Crippen LogP contribution in [0.3, 0.4) is 0 Å². The molecule has 0 aliphatic carbocycles. The van der Waals surface area contributed by atoms with Gasteiger partial charge in [0, 0.05) is 6.42 Å². The fraction of sp³-hybridized carbons (Fsp3) is 0.174. The van der Waals surface area contributed by atoms with Crippen molar-refractivity contribution in [2.45, 2.75) is 24.9 Å². The number of rotatable bonds is 5. The molecular weight excluding hydrogens is 323 g/mol. The summed E-state index contributed by atoms with van der Waals surface area (Å²) < 4.78 is 13.9. The summed E-state index contributed by atoms with van der Waals surface area (Å²) in [5, 5.41) is 3.57. The van der Waals surface area contributed by atoms with Crippen LogP contribution < -0.4 is 5.32 Å². The van der Waals surface area contributed by atoms with E-state index >= 15 is 0 Å². The van der Waals surface area contributed by atoms with Gasteiger partial charge in [0.25, 0.3) is 0 Å². The van der Waals surface area contributed by atoms with E-state index in [1.165, 1.54) is 17.2 Å². The van der Waals surface area contributed by atoms with Crippen molar-refractivity contribution in [3.63, 3.8) is 0 Å². The van der Waals surface area contributed by atoms with E-state index in [4.69, 9.17) is 4.99 Å². The van der Waals surface area contributed by atoms with Crippen LogP contribution in [0.15, 0.2) is 89.9 Å². The number of benzene rings is 3. The zero-order valence-corrected chi connectivity index (χ0v) is 14.5. The Bertz CT molecular complexity index is 890. The van der Waals surface area contributed by atoms with Crippen LogP contribution in [0.4, 0.5) is 4.39 Å². The van der Waals surface area contributed by atoms with Crippen molar-refractivity contribution in [1.29, 1.82) is 0 Å². The van der Waals surface area contributed by atoms with Crippen LogP contribution in [-0.2, 0) is 6.42 Å². The topological polar surface area (TPSA) is 24.4 Å². The van der Waals surface area contributed by atoms with Crippen LogP contribution in [0.2, 0.25) is 0 Å². The summed E-state index contributed by atoms with van der Waals surface area (Å²) in [6.45, 7) is 0. The zero-order chi connectivity index (χ0) is 17.8. The highest BCUT2D eigenvalue weighted by Gasteiger charge is 2.30. The Morgan fingerprint density at radius 2 is 1.35 bits per heavy atom. The van der Waals surface area contributed by atoms with Gasteiger partial charge in [-0.3, -0.25) is 4.99 Å². The summed E-state index contributed by atoms with van der Waals surface area (Å²) in [6, 6.07) is 27.8. The Morgan fingerprint density at radius 1 is 0.731 bits per heavy atom. The highest BCUT2D eigenvalue weighted by Crippen LogP contribution is 2.36. The molecule has 3 aromatic rings. The van der Waals surface area contributed by atoms with E-state index in [2.05, 4.69) is 41.7 Å². The van der Waals surface area contributed by atoms with Gasteiger partial charge in [0.1, 0.15) is 11.9 Å². The lowest BCUT2D eigenvalue weighted by Gasteiger charge is -2.19. The summed E-state index contributed by atoms with van der Waals surface area (Å²) in [5.74, 6) is 0.793. The van der Waals surface area contributed by atoms with Gasteiger partial charge in [-0.2, -0.15) is 0 Å². The van der Waals surface area contributed by atoms with Gasteiger partial charge in [-0.15, -0.1) is 0 Å². The van der Waals surface area contributed by atoms with Gasteiger partial charge in [-0.05, 0) is 29.2 Å². The highest BCUT2D eigenvalue weighted by atomic mass is 19.1. The summed E-state index contributed by atoms with van der Waals surface area (Å²) in [4.78, 5) is 4.94. The minimum atomic E-state index is -0.148. The zero-order valence-electron chi connectivity index (χ0n) is 14.5. The third-order valence-corrected chi connectivity index (χ3v) is 4.82. The molecule has 3 heteroatoms. The Balaban J connectivity index is 1.57. The summed E-state index contributed by atoms with van der Waals surface area (Å²) in [7, 11) is 0. The molecule has 1 N–H and O–H groups in total. The Hall–Kier alpha value is -2.94. The molecule has 2 atom stereocenters. The van der Waals surface area contributed by atoms with E-state index in [0.29, 0.717) is 12.8 Å². The van der Waals surface area contributed by atoms with Crippen LogP contribution in [0.1, 0.15) is 35.2 Å². The lowest BCUT2D eigenvalue weighted by Crippen LogP contribution is -2.24. The molecular formula is C23H21FN2. The van der Waals surface area contributed by atoms with Crippen LogP contribution in [-0.4, -0.2) is 5.84 Å². The van der Waals surface area contributed by atoms with Gasteiger partial charge in [0.05, 0.1) is 11.9 Å². The van der Waals surface area contributed by atoms with Crippen LogP contribution in [0.5, 0.6) is 0 Å². The van der Waals surface area contributed by atoms with E-state index in [1.54, 1.807) is 6.07 Å². The minimum Gasteiger partial charge on any atom is -0.364 e. The fourth-order valence-corrected chi connectivity index (χ4v) is 3.47. The maximum Gasteiger partial charge on any atom is 0.126 e. The number of nitrogens with one attached hydrogen (secondary N) is 1. The molecule has 0 fully saturated rings. The Kier molecular flexibility index (Phi) is 4.78. The molecule has 0 saturated heterocycles. The first-order chi connectivity index (χ1) is 12.8. The SMILES string of the molecule is Fc1ccccc1CCC1=N[C@@H](c2ccccc2)[C@@H](c2ccccc2)N1. The van der Waals surface area contributed by atoms with Crippen molar-refractivity contribution in [2.75, 3.05) is 0 Å². The lowest BCUT2D eigenvalue weighted by atomic mass is 9.95. The second-order valence-corrected chi connectivity index (χ2v) is 6.56. The second kappa shape index (κ2) is 7.52. The van der Waals surface area contributed by atoms with Gasteiger partial charge in [0.2, 0.25) is 0 Å². The molecule has 130 valence electrons. The predicted molar refractivity (Wildman–Crippen MR) is 104 cm³/mol. The van der Waals surface area contributed by atoms with Crippen LogP contribution >= 0.6 is 0 Å². The van der Waals surface area contributed by atoms with E-state index in [0.717, 1.165) is 11.4 Å². The van der Waals surface area contributed by atoms with Crippen LogP contribution in [0, 0.1) is 5.82 Å². The molecule has 1 aliphatic heterocycles. The molecule has 0 amide bonds. The molecule has 1 heterocycles. The maximum absolute atomic E-state index is 13.9. The number of aliphatic imine (C=N–C) groups is 1. The van der Waals surface area contributed by atoms with Gasteiger partial charge < -0.3 is 5.32 Å². The van der Waals surface area contributed by atoms with Gasteiger partial charge in [-0.1, -0.05) is 78.9 Å². The number of hydrogen-bond donors (Lipinski definition) is 1. The fourth-order valence-electron chi connectivity index (χ4n) is 3.47. The monoisotopic (exact) mass is 344 g/mol. The smallest absolute Gasteiger partial charge is 0.126 e. The molecule has 0 unspecified atom stereocenters. The first-order valence-electron chi connectivity index (χ1n) is 8.98. The van der Waals surface area contributed by atoms with E-state index in [1.807, 2.05) is 36.4 Å². The Morgan fingerprint density at radius 3 is 2.04 bits per heavy atom. The van der Waals surface area contributed by atoms with E-state index in [9.17, 15) is 4.39 Å². The van der Waals surface area contributed by atoms with E-state index in [-0.39, 0.29) is 17.9 Å². The average Bonchev–Trinajstić information content (AvgIpc) is 3.13. The lowest BCUT2D eigenvalue weighted by molar-refractivity contribution is 0.571. The summed E-state index contributed by atoms with van der Waals surface area (Å²) >= 11 is 0. The maximum atomic E-state index is 13.9. The van der Waals surface area contributed by atoms with Gasteiger partial charge >= 0.3 is 0 Å². The van der Waals surface area contributed by atoms with Crippen molar-refractivity contribution in [3.8, 4) is 0 Å². The standard InChI is InChI=1S/C23H21FN2/c24-20-14-8-7-9-17(20)15-16-21-25-22(18-10-3-1-4-11-18)23(26-21)19-12-5-2-6-13-19/h1-14,22-23H,15-16H2,(H,25,26)/t22-,23+. The largest absolute Gasteiger partial charge is 0.364 e. The summed E-state index contributed by atoms with van der Waals surface area (Å²) in [5.41, 5.74) is 3.14. The van der Waals surface area contributed by atoms with E-state index < -0.39 is 0 Å². The molecule has 0 bridgehead atoms. The Labute approximate surface area is 153 Å². The van der Waals surface area contributed by atoms with Crippen molar-refractivity contribution >= 4 is 5.84 Å². The van der Waals surface area contributed by atoms with Crippen molar-refractivity contribution in [2.24, 2.45) is 4.99 Å². The molecule has 2 nitrogen and oxygen atoms in total. The normalized spacial score (nSPS) is 19.0. The quantitative estimate of drug-likeness (QED) is 0.672. The van der Waals surface area contributed by atoms with Gasteiger partial charge in [0.15, 0.2) is 0 Å². The third kappa shape index (κ3) is 3.52. The molecule has 0 spiro atoms. The average molecular weight is 344 g/mol. The first-order valence-corrected chi connectivity index (χ1v) is 8.98. The molecule has 1 aliphatic rings. The molecule has 3 aromatic carbocycles. The molecule has 0 radical (unpaired) electrons. The summed E-state index contributed by atoms with van der Waals surface area (Å²) in [6.07, 6.45) is 1.34. The predicted octanol–water partition coefficient (Wildman–Crippen LogP) is 5.24. The van der Waals surface area contributed by atoms with Crippen molar-refractivity contribution < 1.29 is 4.39 Å². The van der Waals surface area contributed by atoms with Crippen molar-refractivity contribution in [1.82, 2.24) is 5.32 Å². The molecule has 4 rings (SSSR count). The third-order valence-electron chi connectivity index (χ3n) is 4.82. The van der Waals surface area contributed by atoms with Gasteiger partial charge in [-0.25, -0.2) is 4.39 Å². The second-order valence-electron chi connectivity index (χ2n) is 6.56. The molecule has 26 heavy (non-hydrogen) atoms. The molecule has 0 saturated carbocycles. The minimum absolute atomic E-state index is 0.0363. The number of aryl methyl sites for hydroxylation is 1. The number of hydrogen-bond acceptors (Lipinski definition) is 2. The highest BCUT2D eigenvalue weighted by molar-refractivity contribution is 5.85. The number of amidine groups is 1. The number of nitrogens with zero attached hydrogens (tertiary/aromatic N) is 1. The number of halogens is 1.